The Morgan fingerprint density at radius 3 is 1.94 bits per heavy atom. The second kappa shape index (κ2) is 4.65. The minimum atomic E-state index is -0.382. The molecule has 2 aliphatic heterocycles. The average Bonchev–Trinajstić information content (AvgIpc) is 2.51. The Hall–Kier alpha value is -0.900. The van der Waals surface area contributed by atoms with E-state index in [1.165, 1.54) is 4.90 Å². The number of hydrogen-bond acceptors (Lipinski definition) is 3. The molecular weight excluding hydrogens is 228 g/mol. The zero-order valence-electron chi connectivity index (χ0n) is 11.9. The summed E-state index contributed by atoms with van der Waals surface area (Å²) in [6, 6.07) is 0.517. The van der Waals surface area contributed by atoms with Crippen molar-refractivity contribution in [1.29, 1.82) is 0 Å². The minimum Gasteiger partial charge on any atom is -0.301 e. The molecule has 0 aromatic rings. The SMILES string of the molecule is CC(C)N1CCC2(CC1)CC(=O)N(C(C)C)C2=O. The number of nitrogens with zero attached hydrogens (tertiary/aromatic N) is 2. The van der Waals surface area contributed by atoms with Gasteiger partial charge in [-0.05, 0) is 53.6 Å². The summed E-state index contributed by atoms with van der Waals surface area (Å²) in [7, 11) is 0. The monoisotopic (exact) mass is 252 g/mol. The highest BCUT2D eigenvalue weighted by atomic mass is 16.2. The molecule has 2 aliphatic rings. The van der Waals surface area contributed by atoms with Crippen molar-refractivity contribution in [3.63, 3.8) is 0 Å². The molecule has 2 rings (SSSR count). The molecule has 4 heteroatoms. The van der Waals surface area contributed by atoms with Crippen LogP contribution in [0.25, 0.3) is 0 Å². The molecule has 0 saturated carbocycles. The van der Waals surface area contributed by atoms with Crippen molar-refractivity contribution < 1.29 is 9.59 Å². The topological polar surface area (TPSA) is 40.6 Å². The number of rotatable bonds is 2. The number of hydrogen-bond donors (Lipinski definition) is 0. The van der Waals surface area contributed by atoms with E-state index in [1.807, 2.05) is 13.8 Å². The standard InChI is InChI=1S/C14H24N2O2/c1-10(2)15-7-5-14(6-8-15)9-12(17)16(11(3)4)13(14)18/h10-11H,5-9H2,1-4H3. The fraction of sp³-hybridized carbons (Fsp3) is 0.857. The maximum absolute atomic E-state index is 12.5. The molecule has 0 aromatic heterocycles. The Bertz CT molecular complexity index is 355. The van der Waals surface area contributed by atoms with Crippen molar-refractivity contribution in [3.8, 4) is 0 Å². The lowest BCUT2D eigenvalue weighted by Crippen LogP contribution is -2.47. The van der Waals surface area contributed by atoms with Crippen molar-refractivity contribution in [2.24, 2.45) is 5.41 Å². The van der Waals surface area contributed by atoms with E-state index in [2.05, 4.69) is 18.7 Å². The van der Waals surface area contributed by atoms with Crippen LogP contribution in [0.3, 0.4) is 0 Å². The predicted molar refractivity (Wildman–Crippen MR) is 70.0 cm³/mol. The average molecular weight is 252 g/mol. The fourth-order valence-corrected chi connectivity index (χ4v) is 3.20. The van der Waals surface area contributed by atoms with Crippen LogP contribution in [0, 0.1) is 5.41 Å². The van der Waals surface area contributed by atoms with Gasteiger partial charge in [-0.2, -0.15) is 0 Å². The molecule has 0 atom stereocenters. The van der Waals surface area contributed by atoms with Crippen LogP contribution >= 0.6 is 0 Å². The molecule has 2 fully saturated rings. The van der Waals surface area contributed by atoms with Crippen LogP contribution in [0.1, 0.15) is 47.0 Å². The molecule has 2 saturated heterocycles. The number of amides is 2. The Labute approximate surface area is 109 Å². The minimum absolute atomic E-state index is 0.00694. The molecule has 2 heterocycles. The highest BCUT2D eigenvalue weighted by Crippen LogP contribution is 2.43. The normalized spacial score (nSPS) is 24.9. The van der Waals surface area contributed by atoms with Crippen molar-refractivity contribution >= 4 is 11.8 Å². The van der Waals surface area contributed by atoms with E-state index in [0.717, 1.165) is 25.9 Å². The third-order valence-electron chi connectivity index (χ3n) is 4.43. The van der Waals surface area contributed by atoms with Gasteiger partial charge in [-0.25, -0.2) is 0 Å². The Balaban J connectivity index is 2.11. The Kier molecular flexibility index (Phi) is 3.49. The summed E-state index contributed by atoms with van der Waals surface area (Å²) in [6.07, 6.45) is 2.09. The van der Waals surface area contributed by atoms with Gasteiger partial charge in [0.1, 0.15) is 0 Å². The van der Waals surface area contributed by atoms with Crippen molar-refractivity contribution in [3.05, 3.63) is 0 Å². The molecule has 1 spiro atoms. The molecule has 0 aliphatic carbocycles. The lowest BCUT2D eigenvalue weighted by atomic mass is 9.76. The summed E-state index contributed by atoms with van der Waals surface area (Å²) in [5.41, 5.74) is -0.382. The molecule has 0 unspecified atom stereocenters. The molecule has 102 valence electrons. The van der Waals surface area contributed by atoms with E-state index in [1.54, 1.807) is 0 Å². The third kappa shape index (κ3) is 2.07. The van der Waals surface area contributed by atoms with E-state index in [-0.39, 0.29) is 23.3 Å². The number of carbonyl (C=O) groups is 2. The fourth-order valence-electron chi connectivity index (χ4n) is 3.20. The summed E-state index contributed by atoms with van der Waals surface area (Å²) in [5, 5.41) is 0. The van der Waals surface area contributed by atoms with Gasteiger partial charge in [0.2, 0.25) is 11.8 Å². The first kappa shape index (κ1) is 13.5. The van der Waals surface area contributed by atoms with E-state index in [0.29, 0.717) is 12.5 Å². The van der Waals surface area contributed by atoms with Gasteiger partial charge in [-0.15, -0.1) is 0 Å². The quantitative estimate of drug-likeness (QED) is 0.702. The number of likely N-dealkylation sites (tertiary alicyclic amines) is 2. The first-order chi connectivity index (χ1) is 8.37. The second-order valence-electron chi connectivity index (χ2n) is 6.25. The number of imide groups is 1. The Morgan fingerprint density at radius 1 is 1.00 bits per heavy atom. The summed E-state index contributed by atoms with van der Waals surface area (Å²) in [4.78, 5) is 28.4. The highest BCUT2D eigenvalue weighted by molar-refractivity contribution is 6.06. The largest absolute Gasteiger partial charge is 0.301 e. The van der Waals surface area contributed by atoms with Crippen molar-refractivity contribution in [2.75, 3.05) is 13.1 Å². The van der Waals surface area contributed by atoms with Crippen LogP contribution in [0.4, 0.5) is 0 Å². The lowest BCUT2D eigenvalue weighted by molar-refractivity contribution is -0.144. The van der Waals surface area contributed by atoms with E-state index in [9.17, 15) is 9.59 Å². The van der Waals surface area contributed by atoms with Gasteiger partial charge in [0.05, 0.1) is 5.41 Å². The first-order valence-electron chi connectivity index (χ1n) is 6.98. The van der Waals surface area contributed by atoms with Gasteiger partial charge in [-0.1, -0.05) is 0 Å². The van der Waals surface area contributed by atoms with Crippen molar-refractivity contribution in [1.82, 2.24) is 9.80 Å². The molecule has 0 aromatic carbocycles. The third-order valence-corrected chi connectivity index (χ3v) is 4.43. The van der Waals surface area contributed by atoms with E-state index in [4.69, 9.17) is 0 Å². The van der Waals surface area contributed by atoms with Crippen LogP contribution < -0.4 is 0 Å². The maximum atomic E-state index is 12.5. The molecule has 0 radical (unpaired) electrons. The lowest BCUT2D eigenvalue weighted by Gasteiger charge is -2.39. The smallest absolute Gasteiger partial charge is 0.236 e. The van der Waals surface area contributed by atoms with Crippen LogP contribution in [0.15, 0.2) is 0 Å². The molecule has 0 N–H and O–H groups in total. The maximum Gasteiger partial charge on any atom is 0.236 e. The molecule has 4 nitrogen and oxygen atoms in total. The zero-order chi connectivity index (χ0) is 13.5. The van der Waals surface area contributed by atoms with Gasteiger partial charge < -0.3 is 4.90 Å². The van der Waals surface area contributed by atoms with Crippen molar-refractivity contribution in [2.45, 2.75) is 59.0 Å². The van der Waals surface area contributed by atoms with Gasteiger partial charge in [0.25, 0.3) is 0 Å². The van der Waals surface area contributed by atoms with Gasteiger partial charge in [-0.3, -0.25) is 14.5 Å². The summed E-state index contributed by atoms with van der Waals surface area (Å²) < 4.78 is 0. The highest BCUT2D eigenvalue weighted by Gasteiger charge is 2.53. The van der Waals surface area contributed by atoms with Crippen LogP contribution in [-0.2, 0) is 9.59 Å². The van der Waals surface area contributed by atoms with Gasteiger partial charge in [0.15, 0.2) is 0 Å². The summed E-state index contributed by atoms with van der Waals surface area (Å²) in [5.74, 6) is 0.0962. The van der Waals surface area contributed by atoms with Gasteiger partial charge in [0, 0.05) is 18.5 Å². The second-order valence-corrected chi connectivity index (χ2v) is 6.25. The predicted octanol–water partition coefficient (Wildman–Crippen LogP) is 1.64. The summed E-state index contributed by atoms with van der Waals surface area (Å²) >= 11 is 0. The molecule has 2 amide bonds. The van der Waals surface area contributed by atoms with Crippen LogP contribution in [-0.4, -0.2) is 46.8 Å². The molecule has 0 bridgehead atoms. The Morgan fingerprint density at radius 2 is 1.56 bits per heavy atom. The molecular formula is C14H24N2O2. The van der Waals surface area contributed by atoms with E-state index >= 15 is 0 Å². The number of piperidine rings is 1. The van der Waals surface area contributed by atoms with Gasteiger partial charge >= 0.3 is 0 Å². The van der Waals surface area contributed by atoms with Crippen LogP contribution in [0.2, 0.25) is 0 Å². The zero-order valence-corrected chi connectivity index (χ0v) is 11.9. The molecule has 18 heavy (non-hydrogen) atoms. The first-order valence-corrected chi connectivity index (χ1v) is 6.98. The van der Waals surface area contributed by atoms with E-state index < -0.39 is 0 Å². The summed E-state index contributed by atoms with van der Waals surface area (Å²) in [6.45, 7) is 10.1. The van der Waals surface area contributed by atoms with Crippen LogP contribution in [0.5, 0.6) is 0 Å². The number of carbonyl (C=O) groups excluding carboxylic acids is 2.